The SMILES string of the molecule is COc1c(Cl)cc2c(c1C(=O)O)OB(O)[C@@H](SCC(=O)N1CCC(N)C1)C2. The van der Waals surface area contributed by atoms with Crippen LogP contribution in [0.5, 0.6) is 11.5 Å². The lowest BCUT2D eigenvalue weighted by molar-refractivity contribution is -0.127. The first-order valence-electron chi connectivity index (χ1n) is 8.44. The number of ether oxygens (including phenoxy) is 1. The Bertz CT molecular complexity index is 767. The van der Waals surface area contributed by atoms with Crippen LogP contribution < -0.4 is 15.1 Å². The van der Waals surface area contributed by atoms with E-state index in [9.17, 15) is 19.7 Å². The number of carbonyl (C=O) groups excluding carboxylic acids is 1. The Morgan fingerprint density at radius 3 is 2.89 bits per heavy atom. The van der Waals surface area contributed by atoms with Crippen molar-refractivity contribution in [3.8, 4) is 11.5 Å². The van der Waals surface area contributed by atoms with Gasteiger partial charge in [0, 0.05) is 19.1 Å². The number of rotatable bonds is 5. The second-order valence-corrected chi connectivity index (χ2v) is 8.15. The van der Waals surface area contributed by atoms with Gasteiger partial charge in [-0.2, -0.15) is 0 Å². The van der Waals surface area contributed by atoms with Gasteiger partial charge in [0.2, 0.25) is 5.91 Å². The number of nitrogens with zero attached hydrogens (tertiary/aromatic N) is 1. The van der Waals surface area contributed by atoms with Crippen molar-refractivity contribution in [2.45, 2.75) is 24.0 Å². The maximum atomic E-state index is 12.3. The first-order valence-corrected chi connectivity index (χ1v) is 9.86. The summed E-state index contributed by atoms with van der Waals surface area (Å²) < 4.78 is 10.5. The summed E-state index contributed by atoms with van der Waals surface area (Å²) >= 11 is 7.40. The molecule has 0 aliphatic carbocycles. The number of nitrogens with two attached hydrogens (primary N) is 1. The molecule has 2 heterocycles. The van der Waals surface area contributed by atoms with Crippen molar-refractivity contribution in [1.29, 1.82) is 0 Å². The fourth-order valence-corrected chi connectivity index (χ4v) is 4.65. The van der Waals surface area contributed by atoms with Crippen molar-refractivity contribution < 1.29 is 29.1 Å². The van der Waals surface area contributed by atoms with E-state index in [0.717, 1.165) is 6.42 Å². The van der Waals surface area contributed by atoms with Gasteiger partial charge in [0.25, 0.3) is 0 Å². The predicted octanol–water partition coefficient (Wildman–Crippen LogP) is 0.663. The third-order valence-electron chi connectivity index (χ3n) is 4.66. The molecule has 146 valence electrons. The van der Waals surface area contributed by atoms with Crippen molar-refractivity contribution >= 4 is 42.4 Å². The summed E-state index contributed by atoms with van der Waals surface area (Å²) in [6, 6.07) is 1.59. The smallest absolute Gasteiger partial charge is 0.534 e. The highest BCUT2D eigenvalue weighted by Crippen LogP contribution is 2.42. The largest absolute Gasteiger partial charge is 0.536 e. The van der Waals surface area contributed by atoms with E-state index in [1.54, 1.807) is 11.0 Å². The average molecular weight is 415 g/mol. The number of hydrogen-bond acceptors (Lipinski definition) is 7. The highest BCUT2D eigenvalue weighted by Gasteiger charge is 2.39. The number of aromatic carboxylic acids is 1. The summed E-state index contributed by atoms with van der Waals surface area (Å²) in [6.45, 7) is 1.19. The van der Waals surface area contributed by atoms with Gasteiger partial charge in [-0.1, -0.05) is 11.6 Å². The minimum absolute atomic E-state index is 0.0123. The van der Waals surface area contributed by atoms with E-state index in [0.29, 0.717) is 25.1 Å². The van der Waals surface area contributed by atoms with Gasteiger partial charge in [-0.25, -0.2) is 4.79 Å². The van der Waals surface area contributed by atoms with E-state index in [1.807, 2.05) is 0 Å². The summed E-state index contributed by atoms with van der Waals surface area (Å²) in [6.07, 6.45) is 1.11. The molecular weight excluding hydrogens is 395 g/mol. The molecular formula is C16H20BClN2O6S. The number of fused-ring (bicyclic) bond motifs is 1. The van der Waals surface area contributed by atoms with Gasteiger partial charge in [0.1, 0.15) is 11.3 Å². The van der Waals surface area contributed by atoms with Crippen LogP contribution in [-0.4, -0.2) is 71.2 Å². The number of amides is 1. The molecule has 2 atom stereocenters. The molecule has 0 bridgehead atoms. The van der Waals surface area contributed by atoms with Crippen LogP contribution in [0.4, 0.5) is 0 Å². The zero-order chi connectivity index (χ0) is 19.7. The normalized spacial score (nSPS) is 21.6. The minimum Gasteiger partial charge on any atom is -0.534 e. The molecule has 1 aromatic rings. The molecule has 1 aromatic carbocycles. The molecule has 0 spiro atoms. The van der Waals surface area contributed by atoms with Crippen molar-refractivity contribution in [3.63, 3.8) is 0 Å². The van der Waals surface area contributed by atoms with Gasteiger partial charge >= 0.3 is 13.1 Å². The second kappa shape index (κ2) is 8.18. The average Bonchev–Trinajstić information content (AvgIpc) is 3.05. The molecule has 11 heteroatoms. The molecule has 3 rings (SSSR count). The van der Waals surface area contributed by atoms with E-state index in [4.69, 9.17) is 26.7 Å². The number of thioether (sulfide) groups is 1. The van der Waals surface area contributed by atoms with Crippen LogP contribution in [0.3, 0.4) is 0 Å². The standard InChI is InChI=1S/C16H20BClN2O6S/c1-25-15-10(18)4-8-5-11(17(24)26-14(8)13(15)16(22)23)27-7-12(21)20-3-2-9(19)6-20/h4,9,11,24H,2-3,5-7,19H2,1H3,(H,22,23)/t9?,11-/m0/s1. The number of likely N-dealkylation sites (tertiary alicyclic amines) is 1. The lowest BCUT2D eigenvalue weighted by Gasteiger charge is -2.29. The summed E-state index contributed by atoms with van der Waals surface area (Å²) in [5.41, 5.74) is 6.16. The third-order valence-corrected chi connectivity index (χ3v) is 6.18. The summed E-state index contributed by atoms with van der Waals surface area (Å²) in [5.74, 6) is -1.08. The quantitative estimate of drug-likeness (QED) is 0.601. The van der Waals surface area contributed by atoms with E-state index in [1.165, 1.54) is 18.9 Å². The second-order valence-electron chi connectivity index (χ2n) is 6.51. The van der Waals surface area contributed by atoms with Crippen molar-refractivity contribution in [1.82, 2.24) is 4.90 Å². The Kier molecular flexibility index (Phi) is 6.10. The number of methoxy groups -OCH3 is 1. The van der Waals surface area contributed by atoms with Crippen LogP contribution in [0, 0.1) is 0 Å². The Balaban J connectivity index is 1.74. The number of carbonyl (C=O) groups is 2. The molecule has 1 fully saturated rings. The first-order chi connectivity index (χ1) is 12.8. The van der Waals surface area contributed by atoms with Gasteiger partial charge in [-0.3, -0.25) is 4.79 Å². The lowest BCUT2D eigenvalue weighted by atomic mass is 9.77. The number of hydrogen-bond donors (Lipinski definition) is 3. The lowest BCUT2D eigenvalue weighted by Crippen LogP contribution is -2.42. The minimum atomic E-state index is -1.26. The summed E-state index contributed by atoms with van der Waals surface area (Å²) in [5, 5.41) is 19.5. The van der Waals surface area contributed by atoms with Crippen molar-refractivity contribution in [2.75, 3.05) is 26.0 Å². The fourth-order valence-electron chi connectivity index (χ4n) is 3.29. The van der Waals surface area contributed by atoms with Gasteiger partial charge in [-0.05, 0) is 24.5 Å². The van der Waals surface area contributed by atoms with Crippen LogP contribution >= 0.6 is 23.4 Å². The third kappa shape index (κ3) is 4.13. The van der Waals surface area contributed by atoms with E-state index < -0.39 is 18.2 Å². The van der Waals surface area contributed by atoms with Crippen LogP contribution in [0.1, 0.15) is 22.3 Å². The van der Waals surface area contributed by atoms with E-state index in [-0.39, 0.29) is 39.8 Å². The molecule has 2 aliphatic heterocycles. The highest BCUT2D eigenvalue weighted by atomic mass is 35.5. The van der Waals surface area contributed by atoms with Gasteiger partial charge in [0.05, 0.1) is 23.0 Å². The van der Waals surface area contributed by atoms with Gasteiger partial charge in [0.15, 0.2) is 5.75 Å². The number of carboxylic acids is 1. The van der Waals surface area contributed by atoms with Crippen LogP contribution in [0.2, 0.25) is 5.02 Å². The fraction of sp³-hybridized carbons (Fsp3) is 0.500. The maximum Gasteiger partial charge on any atom is 0.536 e. The van der Waals surface area contributed by atoms with Gasteiger partial charge in [-0.15, -0.1) is 11.8 Å². The zero-order valence-electron chi connectivity index (χ0n) is 14.7. The molecule has 4 N–H and O–H groups in total. The maximum absolute atomic E-state index is 12.3. The van der Waals surface area contributed by atoms with Crippen LogP contribution in [-0.2, 0) is 11.2 Å². The number of halogens is 1. The number of carboxylic acid groups (broad SMARTS) is 1. The molecule has 1 unspecified atom stereocenters. The van der Waals surface area contributed by atoms with Crippen molar-refractivity contribution in [2.24, 2.45) is 5.73 Å². The molecule has 1 amide bonds. The summed E-state index contributed by atoms with van der Waals surface area (Å²) in [4.78, 5) is 25.6. The molecule has 0 aromatic heterocycles. The van der Waals surface area contributed by atoms with Crippen LogP contribution in [0.15, 0.2) is 6.07 Å². The highest BCUT2D eigenvalue weighted by molar-refractivity contribution is 8.01. The molecule has 2 aliphatic rings. The molecule has 8 nitrogen and oxygen atoms in total. The topological polar surface area (TPSA) is 122 Å². The predicted molar refractivity (Wildman–Crippen MR) is 103 cm³/mol. The van der Waals surface area contributed by atoms with E-state index in [2.05, 4.69) is 0 Å². The summed E-state index contributed by atoms with van der Waals surface area (Å²) in [7, 11) is 0.0634. The van der Waals surface area contributed by atoms with E-state index >= 15 is 0 Å². The Hall–Kier alpha value is -1.62. The molecule has 0 radical (unpaired) electrons. The molecule has 27 heavy (non-hydrogen) atoms. The molecule has 0 saturated carbocycles. The number of benzene rings is 1. The Labute approximate surface area is 166 Å². The van der Waals surface area contributed by atoms with Gasteiger partial charge < -0.3 is 30.2 Å². The van der Waals surface area contributed by atoms with Crippen molar-refractivity contribution in [3.05, 3.63) is 22.2 Å². The van der Waals surface area contributed by atoms with Crippen LogP contribution in [0.25, 0.3) is 0 Å². The monoisotopic (exact) mass is 414 g/mol. The Morgan fingerprint density at radius 2 is 2.30 bits per heavy atom. The molecule has 1 saturated heterocycles. The Morgan fingerprint density at radius 1 is 1.56 bits per heavy atom. The zero-order valence-corrected chi connectivity index (χ0v) is 16.3. The first kappa shape index (κ1) is 20.1.